The molecule has 1 unspecified atom stereocenters. The summed E-state index contributed by atoms with van der Waals surface area (Å²) in [5.41, 5.74) is 4.93. The van der Waals surface area contributed by atoms with Gasteiger partial charge in [0.25, 0.3) is 0 Å². The van der Waals surface area contributed by atoms with Crippen molar-refractivity contribution in [1.29, 1.82) is 0 Å². The van der Waals surface area contributed by atoms with Crippen LogP contribution in [0.4, 0.5) is 0 Å². The number of nitrogens with one attached hydrogen (secondary N) is 1. The van der Waals surface area contributed by atoms with Gasteiger partial charge in [-0.3, -0.25) is 9.69 Å². The number of methoxy groups -OCH3 is 1. The predicted octanol–water partition coefficient (Wildman–Crippen LogP) is 5.51. The molecule has 3 aromatic carbocycles. The van der Waals surface area contributed by atoms with Crippen LogP contribution in [0.15, 0.2) is 78.9 Å². The van der Waals surface area contributed by atoms with Crippen LogP contribution in [0.1, 0.15) is 54.4 Å². The minimum atomic E-state index is -0.685. The van der Waals surface area contributed by atoms with Crippen LogP contribution in [0.5, 0.6) is 5.75 Å². The van der Waals surface area contributed by atoms with Crippen LogP contribution < -0.4 is 10.1 Å². The molecular weight excluding hydrogens is 460 g/mol. The summed E-state index contributed by atoms with van der Waals surface area (Å²) in [5, 5.41) is 14.0. The molecule has 3 aliphatic rings. The van der Waals surface area contributed by atoms with E-state index in [9.17, 15) is 9.90 Å². The van der Waals surface area contributed by atoms with E-state index in [1.165, 1.54) is 16.7 Å². The lowest BCUT2D eigenvalue weighted by molar-refractivity contribution is -0.152. The molecule has 3 aliphatic heterocycles. The van der Waals surface area contributed by atoms with Crippen LogP contribution in [0.25, 0.3) is 0 Å². The van der Waals surface area contributed by atoms with Crippen molar-refractivity contribution in [3.63, 3.8) is 0 Å². The molecule has 0 spiro atoms. The number of ether oxygens (including phenoxy) is 1. The molecule has 5 nitrogen and oxygen atoms in total. The number of nitrogens with zero attached hydrogens (tertiary/aromatic N) is 1. The fourth-order valence-electron chi connectivity index (χ4n) is 6.56. The summed E-state index contributed by atoms with van der Waals surface area (Å²) in [7, 11) is 1.71. The lowest BCUT2D eigenvalue weighted by Crippen LogP contribution is -2.68. The van der Waals surface area contributed by atoms with E-state index in [2.05, 4.69) is 103 Å². The van der Waals surface area contributed by atoms with E-state index in [0.717, 1.165) is 24.3 Å². The predicted molar refractivity (Wildman–Crippen MR) is 147 cm³/mol. The Kier molecular flexibility index (Phi) is 7.63. The number of piperidine rings is 3. The standard InChI is InChI=1S/C32H38N2O3/c1-21(2)24-14-15-28(37-3)25(18-24)19-33-30-26-16-17-34(20-27(26)32(35)36)31(30)29(22-10-6-4-7-11-22)23-12-8-5-9-13-23/h4-15,18,21,26-27,29-31,33H,16-17,19-20H2,1-3H3,(H,35,36)/t26-,27+,30+,31+/m1/s1. The van der Waals surface area contributed by atoms with E-state index in [0.29, 0.717) is 19.0 Å². The van der Waals surface area contributed by atoms with Gasteiger partial charge in [0.1, 0.15) is 5.75 Å². The first kappa shape index (κ1) is 25.5. The highest BCUT2D eigenvalue weighted by molar-refractivity contribution is 5.71. The van der Waals surface area contributed by atoms with Gasteiger partial charge in [0, 0.05) is 36.7 Å². The zero-order valence-electron chi connectivity index (χ0n) is 22.0. The molecule has 2 N–H and O–H groups in total. The second kappa shape index (κ2) is 11.1. The molecule has 0 saturated carbocycles. The van der Waals surface area contributed by atoms with Crippen molar-refractivity contribution in [3.8, 4) is 5.75 Å². The quantitative estimate of drug-likeness (QED) is 0.407. The van der Waals surface area contributed by atoms with E-state index in [4.69, 9.17) is 4.74 Å². The Bertz CT molecular complexity index is 1160. The van der Waals surface area contributed by atoms with Gasteiger partial charge >= 0.3 is 5.97 Å². The minimum absolute atomic E-state index is 0.0291. The van der Waals surface area contributed by atoms with Gasteiger partial charge < -0.3 is 15.2 Å². The second-order valence-electron chi connectivity index (χ2n) is 10.8. The summed E-state index contributed by atoms with van der Waals surface area (Å²) in [5.74, 6) is 0.454. The molecule has 2 bridgehead atoms. The summed E-state index contributed by atoms with van der Waals surface area (Å²) in [6, 6.07) is 28.0. The van der Waals surface area contributed by atoms with Crippen LogP contribution >= 0.6 is 0 Å². The number of hydrogen-bond donors (Lipinski definition) is 2. The molecule has 0 aromatic heterocycles. The van der Waals surface area contributed by atoms with Crippen LogP contribution in [-0.4, -0.2) is 48.3 Å². The minimum Gasteiger partial charge on any atom is -0.496 e. The zero-order valence-corrected chi connectivity index (χ0v) is 22.0. The highest BCUT2D eigenvalue weighted by atomic mass is 16.5. The third-order valence-electron chi connectivity index (χ3n) is 8.42. The van der Waals surface area contributed by atoms with Crippen molar-refractivity contribution < 1.29 is 14.6 Å². The average Bonchev–Trinajstić information content (AvgIpc) is 2.93. The fraction of sp³-hybridized carbons (Fsp3) is 0.406. The van der Waals surface area contributed by atoms with Gasteiger partial charge in [0.2, 0.25) is 0 Å². The molecule has 37 heavy (non-hydrogen) atoms. The number of carbonyl (C=O) groups is 1. The molecular formula is C32H38N2O3. The molecule has 5 heteroatoms. The highest BCUT2D eigenvalue weighted by Gasteiger charge is 2.52. The lowest BCUT2D eigenvalue weighted by atomic mass is 9.66. The molecule has 3 aromatic rings. The van der Waals surface area contributed by atoms with Gasteiger partial charge in [-0.05, 0) is 47.6 Å². The van der Waals surface area contributed by atoms with E-state index < -0.39 is 5.97 Å². The third-order valence-corrected chi connectivity index (χ3v) is 8.42. The maximum absolute atomic E-state index is 12.3. The number of carboxylic acid groups (broad SMARTS) is 1. The Labute approximate surface area is 220 Å². The molecule has 3 saturated heterocycles. The van der Waals surface area contributed by atoms with Gasteiger partial charge in [-0.1, -0.05) is 86.6 Å². The first-order valence-electron chi connectivity index (χ1n) is 13.4. The molecule has 194 valence electrons. The summed E-state index contributed by atoms with van der Waals surface area (Å²) in [6.07, 6.45) is 0.893. The summed E-state index contributed by atoms with van der Waals surface area (Å²) < 4.78 is 5.71. The normalized spacial score (nSPS) is 24.9. The Morgan fingerprint density at radius 1 is 1.00 bits per heavy atom. The fourth-order valence-corrected chi connectivity index (χ4v) is 6.56. The Morgan fingerprint density at radius 2 is 1.65 bits per heavy atom. The Hall–Kier alpha value is -3.15. The number of fused-ring (bicyclic) bond motifs is 3. The number of benzene rings is 3. The number of aliphatic carboxylic acids is 1. The van der Waals surface area contributed by atoms with E-state index >= 15 is 0 Å². The van der Waals surface area contributed by atoms with Crippen molar-refractivity contribution in [1.82, 2.24) is 10.2 Å². The summed E-state index contributed by atoms with van der Waals surface area (Å²) in [6.45, 7) is 6.57. The molecule has 0 radical (unpaired) electrons. The van der Waals surface area contributed by atoms with Gasteiger partial charge in [-0.15, -0.1) is 0 Å². The number of rotatable bonds is 9. The number of hydrogen-bond acceptors (Lipinski definition) is 4. The SMILES string of the molecule is COc1ccc(C(C)C)cc1CN[C@H]1[C@@H]2CCN(C[C@@H]2C(=O)O)[C@H]1C(c1ccccc1)c1ccccc1. The second-order valence-corrected chi connectivity index (χ2v) is 10.8. The topological polar surface area (TPSA) is 61.8 Å². The maximum atomic E-state index is 12.3. The van der Waals surface area contributed by atoms with Gasteiger partial charge in [0.05, 0.1) is 13.0 Å². The Morgan fingerprint density at radius 3 is 2.22 bits per heavy atom. The molecule has 6 rings (SSSR count). The van der Waals surface area contributed by atoms with Crippen LogP contribution in [0, 0.1) is 11.8 Å². The monoisotopic (exact) mass is 498 g/mol. The summed E-state index contributed by atoms with van der Waals surface area (Å²) in [4.78, 5) is 14.8. The average molecular weight is 499 g/mol. The van der Waals surface area contributed by atoms with Crippen molar-refractivity contribution in [3.05, 3.63) is 101 Å². The molecule has 5 atom stereocenters. The van der Waals surface area contributed by atoms with Gasteiger partial charge in [-0.2, -0.15) is 0 Å². The van der Waals surface area contributed by atoms with Crippen molar-refractivity contribution in [2.45, 2.75) is 50.7 Å². The molecule has 3 heterocycles. The number of carboxylic acids is 1. The Balaban J connectivity index is 1.54. The molecule has 3 fully saturated rings. The summed E-state index contributed by atoms with van der Waals surface area (Å²) >= 11 is 0. The van der Waals surface area contributed by atoms with E-state index in [-0.39, 0.29) is 29.8 Å². The first-order valence-corrected chi connectivity index (χ1v) is 13.4. The van der Waals surface area contributed by atoms with E-state index in [1.54, 1.807) is 7.11 Å². The highest BCUT2D eigenvalue weighted by Crippen LogP contribution is 2.44. The lowest BCUT2D eigenvalue weighted by Gasteiger charge is -2.56. The van der Waals surface area contributed by atoms with Crippen LogP contribution in [0.2, 0.25) is 0 Å². The maximum Gasteiger partial charge on any atom is 0.308 e. The smallest absolute Gasteiger partial charge is 0.308 e. The zero-order chi connectivity index (χ0) is 25.9. The molecule has 0 aliphatic carbocycles. The van der Waals surface area contributed by atoms with E-state index in [1.807, 2.05) is 0 Å². The molecule has 0 amide bonds. The first-order chi connectivity index (χ1) is 18.0. The largest absolute Gasteiger partial charge is 0.496 e. The van der Waals surface area contributed by atoms with Crippen molar-refractivity contribution in [2.75, 3.05) is 20.2 Å². The van der Waals surface area contributed by atoms with Gasteiger partial charge in [-0.25, -0.2) is 0 Å². The third kappa shape index (κ3) is 5.16. The van der Waals surface area contributed by atoms with Gasteiger partial charge in [0.15, 0.2) is 0 Å². The van der Waals surface area contributed by atoms with Crippen molar-refractivity contribution in [2.24, 2.45) is 11.8 Å². The van der Waals surface area contributed by atoms with Crippen LogP contribution in [-0.2, 0) is 11.3 Å². The van der Waals surface area contributed by atoms with Crippen molar-refractivity contribution >= 4 is 5.97 Å². The van der Waals surface area contributed by atoms with Crippen LogP contribution in [0.3, 0.4) is 0 Å².